The normalized spacial score (nSPS) is 20.9. The average molecular weight is 491 g/mol. The number of nitrogens with one attached hydrogen (secondary N) is 1. The van der Waals surface area contributed by atoms with Crippen molar-refractivity contribution >= 4 is 29.4 Å². The van der Waals surface area contributed by atoms with Crippen molar-refractivity contribution in [3.63, 3.8) is 0 Å². The highest BCUT2D eigenvalue weighted by molar-refractivity contribution is 7.10. The molecule has 4 amide bonds. The van der Waals surface area contributed by atoms with E-state index in [1.54, 1.807) is 16.2 Å². The molecule has 1 aromatic rings. The standard InChI is InChI=1S/C25H38N4O4S/c1-2-33-25(32)29-15-9-21(10-16-29)26-24(31)28-13-7-20(8-14-28)19-5-11-27(12-6-19)23(30)18-22-4-3-17-34-22/h3-4,17,19-21H,2,5-16,18H2,1H3,(H,26,31). The van der Waals surface area contributed by atoms with Gasteiger partial charge in [-0.05, 0) is 68.7 Å². The molecular formula is C25H38N4O4S. The van der Waals surface area contributed by atoms with Crippen LogP contribution in [0.3, 0.4) is 0 Å². The molecule has 8 nitrogen and oxygen atoms in total. The molecule has 0 aliphatic carbocycles. The van der Waals surface area contributed by atoms with E-state index in [1.165, 1.54) is 0 Å². The van der Waals surface area contributed by atoms with Crippen LogP contribution in [-0.2, 0) is 16.0 Å². The molecule has 4 rings (SSSR count). The highest BCUT2D eigenvalue weighted by Crippen LogP contribution is 2.33. The summed E-state index contributed by atoms with van der Waals surface area (Å²) in [6.07, 6.45) is 6.04. The lowest BCUT2D eigenvalue weighted by Gasteiger charge is -2.40. The molecule has 0 radical (unpaired) electrons. The molecule has 1 N–H and O–H groups in total. The summed E-state index contributed by atoms with van der Waals surface area (Å²) in [5, 5.41) is 5.20. The van der Waals surface area contributed by atoms with Gasteiger partial charge in [0.05, 0.1) is 13.0 Å². The Hall–Kier alpha value is -2.29. The van der Waals surface area contributed by atoms with Crippen LogP contribution in [0.2, 0.25) is 0 Å². The molecule has 4 heterocycles. The molecule has 0 spiro atoms. The van der Waals surface area contributed by atoms with Crippen molar-refractivity contribution < 1.29 is 19.1 Å². The number of carbonyl (C=O) groups excluding carboxylic acids is 3. The SMILES string of the molecule is CCOC(=O)N1CCC(NC(=O)N2CCC(C3CCN(C(=O)Cc4cccs4)CC3)CC2)CC1. The summed E-state index contributed by atoms with van der Waals surface area (Å²) < 4.78 is 5.06. The van der Waals surface area contributed by atoms with Crippen LogP contribution in [-0.4, -0.2) is 84.6 Å². The lowest BCUT2D eigenvalue weighted by molar-refractivity contribution is -0.132. The lowest BCUT2D eigenvalue weighted by atomic mass is 9.79. The number of piperidine rings is 3. The summed E-state index contributed by atoms with van der Waals surface area (Å²) in [5.41, 5.74) is 0. The predicted molar refractivity (Wildman–Crippen MR) is 132 cm³/mol. The van der Waals surface area contributed by atoms with E-state index < -0.39 is 0 Å². The largest absolute Gasteiger partial charge is 0.450 e. The Morgan fingerprint density at radius 3 is 2.06 bits per heavy atom. The van der Waals surface area contributed by atoms with E-state index in [4.69, 9.17) is 4.74 Å². The van der Waals surface area contributed by atoms with Gasteiger partial charge in [0.15, 0.2) is 0 Å². The number of likely N-dealkylation sites (tertiary alicyclic amines) is 3. The topological polar surface area (TPSA) is 82.2 Å². The second-order valence-corrected chi connectivity index (χ2v) is 10.7. The van der Waals surface area contributed by atoms with Crippen LogP contribution in [0.15, 0.2) is 17.5 Å². The number of ether oxygens (including phenoxy) is 1. The van der Waals surface area contributed by atoms with E-state index in [9.17, 15) is 14.4 Å². The minimum Gasteiger partial charge on any atom is -0.450 e. The minimum atomic E-state index is -0.257. The van der Waals surface area contributed by atoms with Gasteiger partial charge in [-0.15, -0.1) is 11.3 Å². The van der Waals surface area contributed by atoms with Crippen molar-refractivity contribution in [1.82, 2.24) is 20.0 Å². The van der Waals surface area contributed by atoms with Gasteiger partial charge < -0.3 is 24.8 Å². The second kappa shape index (κ2) is 11.9. The number of hydrogen-bond acceptors (Lipinski definition) is 5. The zero-order valence-corrected chi connectivity index (χ0v) is 21.1. The van der Waals surface area contributed by atoms with Crippen LogP contribution < -0.4 is 5.32 Å². The van der Waals surface area contributed by atoms with Gasteiger partial charge in [0, 0.05) is 50.2 Å². The van der Waals surface area contributed by atoms with Crippen molar-refractivity contribution in [2.75, 3.05) is 45.9 Å². The van der Waals surface area contributed by atoms with E-state index in [0.29, 0.717) is 38.0 Å². The second-order valence-electron chi connectivity index (χ2n) is 9.71. The molecule has 0 unspecified atom stereocenters. The third-order valence-electron chi connectivity index (χ3n) is 7.64. The van der Waals surface area contributed by atoms with E-state index >= 15 is 0 Å². The van der Waals surface area contributed by atoms with E-state index in [-0.39, 0.29) is 24.1 Å². The summed E-state index contributed by atoms with van der Waals surface area (Å²) in [6, 6.07) is 4.18. The van der Waals surface area contributed by atoms with Crippen molar-refractivity contribution in [2.24, 2.45) is 11.8 Å². The third-order valence-corrected chi connectivity index (χ3v) is 8.52. The molecule has 3 aliphatic heterocycles. The number of carbonyl (C=O) groups is 3. The molecule has 188 valence electrons. The maximum atomic E-state index is 12.8. The third kappa shape index (κ3) is 6.43. The summed E-state index contributed by atoms with van der Waals surface area (Å²) in [7, 11) is 0. The number of urea groups is 1. The van der Waals surface area contributed by atoms with E-state index in [0.717, 1.165) is 69.6 Å². The molecule has 0 bridgehead atoms. The molecular weight excluding hydrogens is 452 g/mol. The monoisotopic (exact) mass is 490 g/mol. The Balaban J connectivity index is 1.13. The Morgan fingerprint density at radius 2 is 1.50 bits per heavy atom. The highest BCUT2D eigenvalue weighted by Gasteiger charge is 2.33. The average Bonchev–Trinajstić information content (AvgIpc) is 3.38. The maximum absolute atomic E-state index is 12.8. The van der Waals surface area contributed by atoms with Gasteiger partial charge in [-0.1, -0.05) is 6.07 Å². The van der Waals surface area contributed by atoms with Crippen LogP contribution in [0.1, 0.15) is 50.3 Å². The first-order chi connectivity index (χ1) is 16.5. The number of amides is 4. The summed E-state index contributed by atoms with van der Waals surface area (Å²) in [6.45, 7) is 6.77. The Kier molecular flexibility index (Phi) is 8.69. The van der Waals surface area contributed by atoms with Crippen molar-refractivity contribution in [2.45, 2.75) is 57.9 Å². The molecule has 0 saturated carbocycles. The number of rotatable bonds is 5. The van der Waals surface area contributed by atoms with Crippen molar-refractivity contribution in [3.8, 4) is 0 Å². The number of thiophene rings is 1. The molecule has 3 aliphatic rings. The van der Waals surface area contributed by atoms with Gasteiger partial charge in [-0.3, -0.25) is 4.79 Å². The van der Waals surface area contributed by atoms with Crippen LogP contribution >= 0.6 is 11.3 Å². The first-order valence-electron chi connectivity index (χ1n) is 12.8. The zero-order chi connectivity index (χ0) is 23.9. The quantitative estimate of drug-likeness (QED) is 0.684. The van der Waals surface area contributed by atoms with Gasteiger partial charge >= 0.3 is 12.1 Å². The number of nitrogens with zero attached hydrogens (tertiary/aromatic N) is 3. The van der Waals surface area contributed by atoms with Gasteiger partial charge in [-0.2, -0.15) is 0 Å². The van der Waals surface area contributed by atoms with E-state index in [1.807, 2.05) is 34.2 Å². The molecule has 0 aromatic carbocycles. The van der Waals surface area contributed by atoms with Gasteiger partial charge in [0.2, 0.25) is 5.91 Å². The van der Waals surface area contributed by atoms with Gasteiger partial charge in [0.25, 0.3) is 0 Å². The van der Waals surface area contributed by atoms with Crippen LogP contribution in [0.4, 0.5) is 9.59 Å². The Morgan fingerprint density at radius 1 is 0.912 bits per heavy atom. The Labute approximate surface area is 206 Å². The molecule has 0 atom stereocenters. The first kappa shape index (κ1) is 24.8. The fraction of sp³-hybridized carbons (Fsp3) is 0.720. The summed E-state index contributed by atoms with van der Waals surface area (Å²) >= 11 is 1.65. The van der Waals surface area contributed by atoms with Gasteiger partial charge in [0.1, 0.15) is 0 Å². The van der Waals surface area contributed by atoms with Crippen molar-refractivity contribution in [1.29, 1.82) is 0 Å². The van der Waals surface area contributed by atoms with Crippen LogP contribution in [0.25, 0.3) is 0 Å². The molecule has 9 heteroatoms. The molecule has 3 fully saturated rings. The highest BCUT2D eigenvalue weighted by atomic mass is 32.1. The van der Waals surface area contributed by atoms with Gasteiger partial charge in [-0.25, -0.2) is 9.59 Å². The summed E-state index contributed by atoms with van der Waals surface area (Å²) in [4.78, 5) is 44.0. The first-order valence-corrected chi connectivity index (χ1v) is 13.7. The Bertz CT molecular complexity index is 809. The van der Waals surface area contributed by atoms with Crippen LogP contribution in [0, 0.1) is 11.8 Å². The smallest absolute Gasteiger partial charge is 0.409 e. The maximum Gasteiger partial charge on any atom is 0.409 e. The van der Waals surface area contributed by atoms with E-state index in [2.05, 4.69) is 5.32 Å². The van der Waals surface area contributed by atoms with Crippen LogP contribution in [0.5, 0.6) is 0 Å². The van der Waals surface area contributed by atoms with Crippen molar-refractivity contribution in [3.05, 3.63) is 22.4 Å². The number of hydrogen-bond donors (Lipinski definition) is 1. The minimum absolute atomic E-state index is 0.0297. The fourth-order valence-electron chi connectivity index (χ4n) is 5.56. The zero-order valence-electron chi connectivity index (χ0n) is 20.2. The molecule has 34 heavy (non-hydrogen) atoms. The molecule has 1 aromatic heterocycles. The summed E-state index contributed by atoms with van der Waals surface area (Å²) in [5.74, 6) is 1.55. The predicted octanol–water partition coefficient (Wildman–Crippen LogP) is 3.57. The lowest BCUT2D eigenvalue weighted by Crippen LogP contribution is -2.52. The molecule has 3 saturated heterocycles. The fourth-order valence-corrected chi connectivity index (χ4v) is 6.25.